The van der Waals surface area contributed by atoms with E-state index >= 15 is 0 Å². The molecule has 1 heteroatoms. The van der Waals surface area contributed by atoms with Crippen LogP contribution in [0.2, 0.25) is 0 Å². The van der Waals surface area contributed by atoms with Crippen molar-refractivity contribution in [3.05, 3.63) is 6.42 Å². The molecule has 0 spiro atoms. The van der Waals surface area contributed by atoms with Crippen LogP contribution in [0.15, 0.2) is 0 Å². The van der Waals surface area contributed by atoms with Gasteiger partial charge >= 0.3 is 0 Å². The first-order chi connectivity index (χ1) is 6.41. The zero-order valence-corrected chi connectivity index (χ0v) is 9.35. The highest BCUT2D eigenvalue weighted by molar-refractivity contribution is 4.51. The summed E-state index contributed by atoms with van der Waals surface area (Å²) in [6.45, 7) is 6.05. The average Bonchev–Trinajstić information content (AvgIpc) is 2.16. The van der Waals surface area contributed by atoms with Gasteiger partial charge in [-0.3, -0.25) is 0 Å². The van der Waals surface area contributed by atoms with Crippen molar-refractivity contribution in [3.63, 3.8) is 0 Å². The summed E-state index contributed by atoms with van der Waals surface area (Å²) in [6.07, 6.45) is 11.6. The number of ether oxygens (including phenoxy) is 1. The molecule has 79 valence electrons. The van der Waals surface area contributed by atoms with Gasteiger partial charge in [0.2, 0.25) is 0 Å². The second kappa shape index (κ2) is 12.0. The maximum Gasteiger partial charge on any atom is 0.0495 e. The lowest BCUT2D eigenvalue weighted by atomic mass is 10.1. The predicted molar refractivity (Wildman–Crippen MR) is 58.8 cm³/mol. The molecule has 0 fully saturated rings. The topological polar surface area (TPSA) is 9.23 Å². The molecule has 13 heavy (non-hydrogen) atoms. The van der Waals surface area contributed by atoms with Gasteiger partial charge in [-0.05, 0) is 12.8 Å². The van der Waals surface area contributed by atoms with Gasteiger partial charge in [-0.25, -0.2) is 0 Å². The summed E-state index contributed by atoms with van der Waals surface area (Å²) in [5.74, 6) is 0. The first-order valence-corrected chi connectivity index (χ1v) is 5.77. The van der Waals surface area contributed by atoms with Crippen LogP contribution in [0.1, 0.15) is 58.8 Å². The van der Waals surface area contributed by atoms with E-state index in [0.717, 1.165) is 13.2 Å². The van der Waals surface area contributed by atoms with Crippen molar-refractivity contribution >= 4 is 0 Å². The Labute approximate surface area is 83.9 Å². The normalized spacial score (nSPS) is 10.6. The minimum absolute atomic E-state index is 0.815. The molecular weight excluding hydrogens is 160 g/mol. The highest BCUT2D eigenvalue weighted by Crippen LogP contribution is 2.06. The van der Waals surface area contributed by atoms with Gasteiger partial charge in [-0.2, -0.15) is 0 Å². The van der Waals surface area contributed by atoms with Gasteiger partial charge < -0.3 is 4.74 Å². The molecule has 0 N–H and O–H groups in total. The summed E-state index contributed by atoms with van der Waals surface area (Å²) in [7, 11) is 0. The molecule has 0 aromatic heterocycles. The van der Waals surface area contributed by atoms with Crippen LogP contribution in [-0.2, 0) is 4.74 Å². The fourth-order valence-corrected chi connectivity index (χ4v) is 1.36. The van der Waals surface area contributed by atoms with E-state index in [-0.39, 0.29) is 0 Å². The Bertz CT molecular complexity index is 71.2. The molecule has 0 unspecified atom stereocenters. The number of hydrogen-bond donors (Lipinski definition) is 0. The maximum absolute atomic E-state index is 5.35. The van der Waals surface area contributed by atoms with Gasteiger partial charge in [0.1, 0.15) is 0 Å². The molecule has 1 nitrogen and oxygen atoms in total. The van der Waals surface area contributed by atoms with E-state index in [0.29, 0.717) is 0 Å². The summed E-state index contributed by atoms with van der Waals surface area (Å²) in [4.78, 5) is 0. The third kappa shape index (κ3) is 12.0. The molecule has 0 heterocycles. The third-order valence-electron chi connectivity index (χ3n) is 2.18. The van der Waals surface area contributed by atoms with Crippen LogP contribution >= 0.6 is 0 Å². The maximum atomic E-state index is 5.35. The van der Waals surface area contributed by atoms with E-state index in [1.807, 2.05) is 6.92 Å². The number of rotatable bonds is 10. The molecule has 1 radical (unpaired) electrons. The molecule has 0 amide bonds. The molecule has 0 aromatic carbocycles. The van der Waals surface area contributed by atoms with Crippen molar-refractivity contribution in [1.82, 2.24) is 0 Å². The molecule has 0 aromatic rings. The smallest absolute Gasteiger partial charge is 0.0495 e. The lowest BCUT2D eigenvalue weighted by molar-refractivity contribution is 0.149. The quantitative estimate of drug-likeness (QED) is 0.468. The van der Waals surface area contributed by atoms with E-state index in [2.05, 4.69) is 13.3 Å². The van der Waals surface area contributed by atoms with Crippen molar-refractivity contribution in [2.45, 2.75) is 58.8 Å². The van der Waals surface area contributed by atoms with Gasteiger partial charge in [0.25, 0.3) is 0 Å². The zero-order valence-electron chi connectivity index (χ0n) is 9.35. The highest BCUT2D eigenvalue weighted by Gasteiger charge is 1.90. The molecule has 0 bridgehead atoms. The molecular formula is C12H25O. The standard InChI is InChI=1S/C12H25O/c1-3-5-6-7-8-9-10-12-13-11-4-2/h4H,3,5-12H2,1-2H3. The Morgan fingerprint density at radius 3 is 2.15 bits per heavy atom. The Kier molecular flexibility index (Phi) is 11.9. The number of hydrogen-bond acceptors (Lipinski definition) is 1. The first-order valence-electron chi connectivity index (χ1n) is 5.77. The molecule has 0 saturated carbocycles. The van der Waals surface area contributed by atoms with Crippen molar-refractivity contribution in [2.75, 3.05) is 13.2 Å². The molecule has 0 saturated heterocycles. The van der Waals surface area contributed by atoms with Gasteiger partial charge in [0, 0.05) is 13.2 Å². The van der Waals surface area contributed by atoms with Crippen LogP contribution in [-0.4, -0.2) is 13.2 Å². The summed E-state index contributed by atoms with van der Waals surface area (Å²) in [6, 6.07) is 0. The van der Waals surface area contributed by atoms with Crippen LogP contribution in [0.25, 0.3) is 0 Å². The van der Waals surface area contributed by atoms with Gasteiger partial charge in [0.05, 0.1) is 0 Å². The molecule has 0 aliphatic carbocycles. The largest absolute Gasteiger partial charge is 0.381 e. The van der Waals surface area contributed by atoms with E-state index in [1.54, 1.807) is 0 Å². The Balaban J connectivity index is 2.76. The fraction of sp³-hybridized carbons (Fsp3) is 0.917. The zero-order chi connectivity index (χ0) is 9.78. The average molecular weight is 185 g/mol. The van der Waals surface area contributed by atoms with Crippen molar-refractivity contribution < 1.29 is 4.74 Å². The van der Waals surface area contributed by atoms with E-state index in [4.69, 9.17) is 4.74 Å². The minimum atomic E-state index is 0.815. The third-order valence-corrected chi connectivity index (χ3v) is 2.18. The molecule has 0 atom stereocenters. The van der Waals surface area contributed by atoms with Crippen LogP contribution in [0.4, 0.5) is 0 Å². The van der Waals surface area contributed by atoms with Crippen LogP contribution in [0, 0.1) is 6.42 Å². The Morgan fingerprint density at radius 1 is 0.923 bits per heavy atom. The van der Waals surface area contributed by atoms with Crippen LogP contribution in [0.5, 0.6) is 0 Å². The first kappa shape index (κ1) is 13.0. The van der Waals surface area contributed by atoms with E-state index < -0.39 is 0 Å². The number of unbranched alkanes of at least 4 members (excludes halogenated alkanes) is 6. The van der Waals surface area contributed by atoms with Crippen molar-refractivity contribution in [1.29, 1.82) is 0 Å². The van der Waals surface area contributed by atoms with Gasteiger partial charge in [0.15, 0.2) is 0 Å². The van der Waals surface area contributed by atoms with E-state index in [9.17, 15) is 0 Å². The lowest BCUT2D eigenvalue weighted by Crippen LogP contribution is -1.95. The molecule has 0 aliphatic rings. The van der Waals surface area contributed by atoms with E-state index in [1.165, 1.54) is 44.9 Å². The minimum Gasteiger partial charge on any atom is -0.381 e. The summed E-state index contributed by atoms with van der Waals surface area (Å²) in [5, 5.41) is 0. The Hall–Kier alpha value is -0.0400. The van der Waals surface area contributed by atoms with Gasteiger partial charge in [-0.1, -0.05) is 52.4 Å². The summed E-state index contributed by atoms with van der Waals surface area (Å²) in [5.41, 5.74) is 0. The fourth-order valence-electron chi connectivity index (χ4n) is 1.36. The SMILES string of the molecule is C[CH]COCCCCCCCCC. The lowest BCUT2D eigenvalue weighted by Gasteiger charge is -2.02. The molecule has 0 aliphatic heterocycles. The van der Waals surface area contributed by atoms with Crippen molar-refractivity contribution in [2.24, 2.45) is 0 Å². The summed E-state index contributed by atoms with van der Waals surface area (Å²) < 4.78 is 5.35. The monoisotopic (exact) mass is 185 g/mol. The second-order valence-electron chi connectivity index (χ2n) is 3.60. The molecule has 0 rings (SSSR count). The van der Waals surface area contributed by atoms with Crippen molar-refractivity contribution in [3.8, 4) is 0 Å². The van der Waals surface area contributed by atoms with Crippen LogP contribution < -0.4 is 0 Å². The second-order valence-corrected chi connectivity index (χ2v) is 3.60. The highest BCUT2D eigenvalue weighted by atomic mass is 16.5. The predicted octanol–water partition coefficient (Wildman–Crippen LogP) is 3.98. The summed E-state index contributed by atoms with van der Waals surface area (Å²) >= 11 is 0. The van der Waals surface area contributed by atoms with Crippen LogP contribution in [0.3, 0.4) is 0 Å². The Morgan fingerprint density at radius 2 is 1.54 bits per heavy atom. The van der Waals surface area contributed by atoms with Gasteiger partial charge in [-0.15, -0.1) is 0 Å².